The Labute approximate surface area is 91.4 Å². The van der Waals surface area contributed by atoms with Gasteiger partial charge in [0.1, 0.15) is 0 Å². The standard InChI is InChI=1S/C12H19N3/c1-10(2)3-4-12(15-13)9-11-5-7-14-8-6-11/h5-8,12,15H,1,3-4,9,13H2,2H3. The minimum Gasteiger partial charge on any atom is -0.271 e. The van der Waals surface area contributed by atoms with E-state index in [-0.39, 0.29) is 0 Å². The van der Waals surface area contributed by atoms with Gasteiger partial charge in [0.2, 0.25) is 0 Å². The average Bonchev–Trinajstić information content (AvgIpc) is 2.25. The highest BCUT2D eigenvalue weighted by atomic mass is 15.2. The van der Waals surface area contributed by atoms with Gasteiger partial charge in [-0.1, -0.05) is 5.57 Å². The Balaban J connectivity index is 2.43. The summed E-state index contributed by atoms with van der Waals surface area (Å²) in [5.74, 6) is 5.51. The van der Waals surface area contributed by atoms with E-state index in [1.54, 1.807) is 0 Å². The van der Waals surface area contributed by atoms with Crippen molar-refractivity contribution in [3.05, 3.63) is 42.2 Å². The number of nitrogens with two attached hydrogens (primary N) is 1. The Hall–Kier alpha value is -1.19. The highest BCUT2D eigenvalue weighted by Crippen LogP contribution is 2.09. The highest BCUT2D eigenvalue weighted by Gasteiger charge is 2.07. The molecule has 1 rings (SSSR count). The lowest BCUT2D eigenvalue weighted by Crippen LogP contribution is -2.36. The first kappa shape index (κ1) is 11.9. The van der Waals surface area contributed by atoms with Gasteiger partial charge in [-0.3, -0.25) is 16.3 Å². The van der Waals surface area contributed by atoms with Gasteiger partial charge in [-0.2, -0.15) is 0 Å². The molecule has 3 heteroatoms. The topological polar surface area (TPSA) is 50.9 Å². The van der Waals surface area contributed by atoms with Crippen molar-refractivity contribution in [3.8, 4) is 0 Å². The van der Waals surface area contributed by atoms with Crippen molar-refractivity contribution in [1.29, 1.82) is 0 Å². The summed E-state index contributed by atoms with van der Waals surface area (Å²) in [7, 11) is 0. The molecule has 0 aromatic carbocycles. The first-order valence-corrected chi connectivity index (χ1v) is 5.21. The van der Waals surface area contributed by atoms with Gasteiger partial charge in [0, 0.05) is 18.4 Å². The number of rotatable bonds is 6. The molecule has 1 unspecified atom stereocenters. The summed E-state index contributed by atoms with van der Waals surface area (Å²) in [6, 6.07) is 4.35. The number of hydrogen-bond acceptors (Lipinski definition) is 3. The molecular formula is C12H19N3. The van der Waals surface area contributed by atoms with E-state index in [9.17, 15) is 0 Å². The van der Waals surface area contributed by atoms with Gasteiger partial charge in [-0.15, -0.1) is 6.58 Å². The Morgan fingerprint density at radius 2 is 2.20 bits per heavy atom. The molecule has 0 aliphatic carbocycles. The maximum absolute atomic E-state index is 5.51. The monoisotopic (exact) mass is 205 g/mol. The molecule has 0 aliphatic rings. The van der Waals surface area contributed by atoms with E-state index in [0.717, 1.165) is 19.3 Å². The molecule has 1 heterocycles. The van der Waals surface area contributed by atoms with Crippen molar-refractivity contribution < 1.29 is 0 Å². The van der Waals surface area contributed by atoms with Crippen LogP contribution in [-0.4, -0.2) is 11.0 Å². The molecule has 3 nitrogen and oxygen atoms in total. The SMILES string of the molecule is C=C(C)CCC(Cc1ccncc1)NN. The van der Waals surface area contributed by atoms with Crippen LogP contribution < -0.4 is 11.3 Å². The van der Waals surface area contributed by atoms with Crippen molar-refractivity contribution in [1.82, 2.24) is 10.4 Å². The zero-order chi connectivity index (χ0) is 11.1. The van der Waals surface area contributed by atoms with Gasteiger partial charge >= 0.3 is 0 Å². The molecule has 15 heavy (non-hydrogen) atoms. The number of nitrogens with zero attached hydrogens (tertiary/aromatic N) is 1. The van der Waals surface area contributed by atoms with E-state index in [4.69, 9.17) is 5.84 Å². The summed E-state index contributed by atoms with van der Waals surface area (Å²) in [4.78, 5) is 3.99. The molecule has 0 amide bonds. The van der Waals surface area contributed by atoms with Crippen LogP contribution in [0.1, 0.15) is 25.3 Å². The molecule has 0 radical (unpaired) electrons. The van der Waals surface area contributed by atoms with Gasteiger partial charge < -0.3 is 0 Å². The van der Waals surface area contributed by atoms with E-state index >= 15 is 0 Å². The molecule has 0 bridgehead atoms. The lowest BCUT2D eigenvalue weighted by molar-refractivity contribution is 0.491. The van der Waals surface area contributed by atoms with Gasteiger partial charge in [-0.05, 0) is 43.9 Å². The van der Waals surface area contributed by atoms with Crippen molar-refractivity contribution in [3.63, 3.8) is 0 Å². The van der Waals surface area contributed by atoms with Crippen LogP contribution in [0.5, 0.6) is 0 Å². The number of allylic oxidation sites excluding steroid dienone is 1. The van der Waals surface area contributed by atoms with Gasteiger partial charge in [0.05, 0.1) is 0 Å². The Morgan fingerprint density at radius 3 is 2.73 bits per heavy atom. The molecule has 0 saturated heterocycles. The number of nitrogens with one attached hydrogen (secondary N) is 1. The quantitative estimate of drug-likeness (QED) is 0.423. The second-order valence-electron chi connectivity index (χ2n) is 3.92. The maximum atomic E-state index is 5.51. The molecule has 3 N–H and O–H groups in total. The van der Waals surface area contributed by atoms with Crippen LogP contribution in [0, 0.1) is 0 Å². The third kappa shape index (κ3) is 4.72. The van der Waals surface area contributed by atoms with Gasteiger partial charge in [-0.25, -0.2) is 0 Å². The lowest BCUT2D eigenvalue weighted by atomic mass is 10.0. The molecule has 0 spiro atoms. The lowest BCUT2D eigenvalue weighted by Gasteiger charge is -2.15. The van der Waals surface area contributed by atoms with Crippen molar-refractivity contribution in [2.75, 3.05) is 0 Å². The zero-order valence-corrected chi connectivity index (χ0v) is 9.24. The average molecular weight is 205 g/mol. The van der Waals surface area contributed by atoms with Crippen LogP contribution in [0.4, 0.5) is 0 Å². The largest absolute Gasteiger partial charge is 0.271 e. The van der Waals surface area contributed by atoms with Crippen molar-refractivity contribution in [2.45, 2.75) is 32.2 Å². The Morgan fingerprint density at radius 1 is 1.53 bits per heavy atom. The second-order valence-corrected chi connectivity index (χ2v) is 3.92. The molecule has 1 atom stereocenters. The molecule has 0 aliphatic heterocycles. The molecular weight excluding hydrogens is 186 g/mol. The Kier molecular flexibility index (Phi) is 5.01. The molecule has 0 fully saturated rings. The summed E-state index contributed by atoms with van der Waals surface area (Å²) in [6.07, 6.45) is 6.59. The smallest absolute Gasteiger partial charge is 0.0270 e. The summed E-state index contributed by atoms with van der Waals surface area (Å²) < 4.78 is 0. The number of hydrogen-bond donors (Lipinski definition) is 2. The minimum absolute atomic E-state index is 0.309. The molecule has 1 aromatic heterocycles. The van der Waals surface area contributed by atoms with Crippen molar-refractivity contribution in [2.24, 2.45) is 5.84 Å². The third-order valence-electron chi connectivity index (χ3n) is 2.39. The van der Waals surface area contributed by atoms with Crippen molar-refractivity contribution >= 4 is 0 Å². The van der Waals surface area contributed by atoms with E-state index in [1.807, 2.05) is 31.5 Å². The first-order chi connectivity index (χ1) is 7.22. The maximum Gasteiger partial charge on any atom is 0.0270 e. The van der Waals surface area contributed by atoms with E-state index < -0.39 is 0 Å². The summed E-state index contributed by atoms with van der Waals surface area (Å²) >= 11 is 0. The van der Waals surface area contributed by atoms with Crippen LogP contribution in [-0.2, 0) is 6.42 Å². The number of hydrazine groups is 1. The highest BCUT2D eigenvalue weighted by molar-refractivity contribution is 5.11. The summed E-state index contributed by atoms with van der Waals surface area (Å²) in [5, 5.41) is 0. The van der Waals surface area contributed by atoms with Gasteiger partial charge in [0.15, 0.2) is 0 Å². The van der Waals surface area contributed by atoms with E-state index in [2.05, 4.69) is 17.0 Å². The van der Waals surface area contributed by atoms with Crippen LogP contribution >= 0.6 is 0 Å². The number of pyridine rings is 1. The molecule has 0 saturated carbocycles. The molecule has 82 valence electrons. The minimum atomic E-state index is 0.309. The van der Waals surface area contributed by atoms with Crippen LogP contribution in [0.15, 0.2) is 36.7 Å². The first-order valence-electron chi connectivity index (χ1n) is 5.21. The number of aromatic nitrogens is 1. The van der Waals surface area contributed by atoms with Crippen LogP contribution in [0.3, 0.4) is 0 Å². The predicted molar refractivity (Wildman–Crippen MR) is 63.1 cm³/mol. The fourth-order valence-corrected chi connectivity index (χ4v) is 1.47. The summed E-state index contributed by atoms with van der Waals surface area (Å²) in [5.41, 5.74) is 5.30. The van der Waals surface area contributed by atoms with E-state index in [1.165, 1.54) is 11.1 Å². The second kappa shape index (κ2) is 6.32. The fraction of sp³-hybridized carbons (Fsp3) is 0.417. The summed E-state index contributed by atoms with van der Waals surface area (Å²) in [6.45, 7) is 5.93. The normalized spacial score (nSPS) is 12.4. The predicted octanol–water partition coefficient (Wildman–Crippen LogP) is 1.81. The van der Waals surface area contributed by atoms with Crippen LogP contribution in [0.25, 0.3) is 0 Å². The third-order valence-corrected chi connectivity index (χ3v) is 2.39. The van der Waals surface area contributed by atoms with E-state index in [0.29, 0.717) is 6.04 Å². The molecule has 1 aromatic rings. The van der Waals surface area contributed by atoms with Gasteiger partial charge in [0.25, 0.3) is 0 Å². The fourth-order valence-electron chi connectivity index (χ4n) is 1.47. The van der Waals surface area contributed by atoms with Crippen LogP contribution in [0.2, 0.25) is 0 Å². The Bertz CT molecular complexity index is 295. The zero-order valence-electron chi connectivity index (χ0n) is 9.24.